The number of aromatic nitrogens is 2. The van der Waals surface area contributed by atoms with E-state index in [1.807, 2.05) is 36.4 Å². The predicted molar refractivity (Wildman–Crippen MR) is 63.9 cm³/mol. The highest BCUT2D eigenvalue weighted by Crippen LogP contribution is 2.30. The molecule has 0 saturated carbocycles. The number of pyridine rings is 1. The van der Waals surface area contributed by atoms with Gasteiger partial charge >= 0.3 is 0 Å². The number of benzene rings is 1. The van der Waals surface area contributed by atoms with Gasteiger partial charge in [-0.2, -0.15) is 0 Å². The quantitative estimate of drug-likeness (QED) is 0.673. The molecule has 0 aliphatic rings. The van der Waals surface area contributed by atoms with Gasteiger partial charge in [-0.25, -0.2) is 4.98 Å². The summed E-state index contributed by atoms with van der Waals surface area (Å²) < 4.78 is 6.73. The van der Waals surface area contributed by atoms with Crippen LogP contribution in [0.2, 0.25) is 0 Å². The van der Waals surface area contributed by atoms with E-state index in [9.17, 15) is 0 Å². The first-order valence-electron chi connectivity index (χ1n) is 4.85. The molecule has 16 heavy (non-hydrogen) atoms. The van der Waals surface area contributed by atoms with Gasteiger partial charge in [0.1, 0.15) is 5.75 Å². The maximum atomic E-state index is 5.61. The Morgan fingerprint density at radius 2 is 2.00 bits per heavy atom. The van der Waals surface area contributed by atoms with Crippen molar-refractivity contribution in [3.8, 4) is 10.9 Å². The van der Waals surface area contributed by atoms with Crippen molar-refractivity contribution in [2.75, 3.05) is 0 Å². The Morgan fingerprint density at radius 3 is 2.81 bits per heavy atom. The van der Waals surface area contributed by atoms with Crippen LogP contribution in [0.5, 0.6) is 10.9 Å². The smallest absolute Gasteiger partial charge is 0.279 e. The summed E-state index contributed by atoms with van der Waals surface area (Å²) in [6.07, 6.45) is 3.39. The van der Waals surface area contributed by atoms with Crippen LogP contribution in [-0.4, -0.2) is 9.97 Å². The van der Waals surface area contributed by atoms with Gasteiger partial charge in [-0.1, -0.05) is 23.5 Å². The van der Waals surface area contributed by atoms with Crippen molar-refractivity contribution in [2.24, 2.45) is 0 Å². The molecule has 3 aromatic rings. The van der Waals surface area contributed by atoms with Gasteiger partial charge in [0.15, 0.2) is 0 Å². The van der Waals surface area contributed by atoms with Crippen LogP contribution in [0.15, 0.2) is 48.8 Å². The lowest BCUT2D eigenvalue weighted by atomic mass is 10.3. The molecule has 0 amide bonds. The summed E-state index contributed by atoms with van der Waals surface area (Å²) in [5.74, 6) is 0.710. The number of thiazole rings is 1. The second-order valence-electron chi connectivity index (χ2n) is 3.24. The molecule has 0 atom stereocenters. The van der Waals surface area contributed by atoms with Crippen molar-refractivity contribution in [3.63, 3.8) is 0 Å². The summed E-state index contributed by atoms with van der Waals surface area (Å²) >= 11 is 1.53. The third-order valence-corrected chi connectivity index (χ3v) is 3.03. The number of fused-ring (bicyclic) bond motifs is 1. The highest BCUT2D eigenvalue weighted by atomic mass is 32.1. The van der Waals surface area contributed by atoms with Gasteiger partial charge in [-0.3, -0.25) is 4.98 Å². The number of ether oxygens (including phenoxy) is 1. The lowest BCUT2D eigenvalue weighted by molar-refractivity contribution is 0.478. The average Bonchev–Trinajstić information content (AvgIpc) is 2.72. The molecule has 2 aromatic heterocycles. The number of hydrogen-bond acceptors (Lipinski definition) is 4. The standard InChI is InChI=1S/C12H8N2OS/c1-2-6-11-10(5-1)14-12(16-11)15-9-4-3-7-13-8-9/h1-8H. The molecule has 0 aliphatic carbocycles. The van der Waals surface area contributed by atoms with Gasteiger partial charge in [0.25, 0.3) is 5.19 Å². The van der Waals surface area contributed by atoms with Crippen molar-refractivity contribution in [1.82, 2.24) is 9.97 Å². The molecule has 1 aromatic carbocycles. The Balaban J connectivity index is 1.95. The van der Waals surface area contributed by atoms with Crippen molar-refractivity contribution in [3.05, 3.63) is 48.8 Å². The molecule has 0 bridgehead atoms. The topological polar surface area (TPSA) is 35.0 Å². The SMILES string of the molecule is c1cncc(Oc2nc3ccccc3s2)c1. The van der Waals surface area contributed by atoms with Crippen molar-refractivity contribution in [1.29, 1.82) is 0 Å². The molecule has 0 spiro atoms. The molecule has 4 heteroatoms. The Labute approximate surface area is 96.4 Å². The summed E-state index contributed by atoms with van der Waals surface area (Å²) in [5, 5.41) is 0.647. The fraction of sp³-hybridized carbons (Fsp3) is 0. The van der Waals surface area contributed by atoms with Crippen molar-refractivity contribution >= 4 is 21.6 Å². The molecule has 3 rings (SSSR count). The van der Waals surface area contributed by atoms with Crippen LogP contribution < -0.4 is 4.74 Å². The summed E-state index contributed by atoms with van der Waals surface area (Å²) in [6, 6.07) is 11.7. The fourth-order valence-electron chi connectivity index (χ4n) is 1.40. The predicted octanol–water partition coefficient (Wildman–Crippen LogP) is 3.48. The molecule has 0 N–H and O–H groups in total. The molecule has 0 unspecified atom stereocenters. The number of hydrogen-bond donors (Lipinski definition) is 0. The van der Waals surface area contributed by atoms with Gasteiger partial charge in [0.2, 0.25) is 0 Å². The first kappa shape index (κ1) is 9.30. The van der Waals surface area contributed by atoms with Gasteiger partial charge in [0.05, 0.1) is 16.4 Å². The Morgan fingerprint density at radius 1 is 1.06 bits per heavy atom. The minimum absolute atomic E-state index is 0.647. The molecule has 3 nitrogen and oxygen atoms in total. The Hall–Kier alpha value is -1.94. The van der Waals surface area contributed by atoms with Crippen LogP contribution in [0.25, 0.3) is 10.2 Å². The Bertz CT molecular complexity index is 573. The van der Waals surface area contributed by atoms with Gasteiger partial charge in [0, 0.05) is 6.20 Å². The third kappa shape index (κ3) is 1.75. The van der Waals surface area contributed by atoms with E-state index >= 15 is 0 Å². The van der Waals surface area contributed by atoms with Gasteiger partial charge in [-0.15, -0.1) is 0 Å². The molecule has 0 saturated heterocycles. The summed E-state index contributed by atoms with van der Waals surface area (Å²) in [6.45, 7) is 0. The summed E-state index contributed by atoms with van der Waals surface area (Å²) in [4.78, 5) is 8.36. The van der Waals surface area contributed by atoms with E-state index in [2.05, 4.69) is 9.97 Å². The second-order valence-corrected chi connectivity index (χ2v) is 4.23. The third-order valence-electron chi connectivity index (χ3n) is 2.11. The monoisotopic (exact) mass is 228 g/mol. The van der Waals surface area contributed by atoms with E-state index in [1.165, 1.54) is 11.3 Å². The zero-order valence-electron chi connectivity index (χ0n) is 8.33. The fourth-order valence-corrected chi connectivity index (χ4v) is 2.24. The van der Waals surface area contributed by atoms with Crippen LogP contribution in [0.4, 0.5) is 0 Å². The highest BCUT2D eigenvalue weighted by molar-refractivity contribution is 7.20. The van der Waals surface area contributed by atoms with Crippen LogP contribution in [0.3, 0.4) is 0 Å². The number of rotatable bonds is 2. The maximum Gasteiger partial charge on any atom is 0.279 e. The van der Waals surface area contributed by atoms with E-state index in [1.54, 1.807) is 12.4 Å². The van der Waals surface area contributed by atoms with E-state index in [0.717, 1.165) is 10.2 Å². The average molecular weight is 228 g/mol. The normalized spacial score (nSPS) is 10.5. The Kier molecular flexibility index (Phi) is 2.27. The summed E-state index contributed by atoms with van der Waals surface area (Å²) in [5.41, 5.74) is 0.964. The second kappa shape index (κ2) is 3.90. The lowest BCUT2D eigenvalue weighted by Crippen LogP contribution is -1.82. The molecular weight excluding hydrogens is 220 g/mol. The van der Waals surface area contributed by atoms with E-state index in [0.29, 0.717) is 10.9 Å². The molecule has 78 valence electrons. The molecular formula is C12H8N2OS. The van der Waals surface area contributed by atoms with E-state index in [4.69, 9.17) is 4.74 Å². The highest BCUT2D eigenvalue weighted by Gasteiger charge is 2.04. The maximum absolute atomic E-state index is 5.61. The minimum atomic E-state index is 0.647. The molecule has 0 aliphatic heterocycles. The van der Waals surface area contributed by atoms with E-state index < -0.39 is 0 Å². The number of para-hydroxylation sites is 1. The van der Waals surface area contributed by atoms with Crippen LogP contribution in [-0.2, 0) is 0 Å². The molecule has 0 fully saturated rings. The molecule has 0 radical (unpaired) electrons. The summed E-state index contributed by atoms with van der Waals surface area (Å²) in [7, 11) is 0. The van der Waals surface area contributed by atoms with E-state index in [-0.39, 0.29) is 0 Å². The zero-order valence-corrected chi connectivity index (χ0v) is 9.15. The van der Waals surface area contributed by atoms with Crippen LogP contribution in [0.1, 0.15) is 0 Å². The van der Waals surface area contributed by atoms with Crippen molar-refractivity contribution < 1.29 is 4.74 Å². The lowest BCUT2D eigenvalue weighted by Gasteiger charge is -1.98. The first-order valence-corrected chi connectivity index (χ1v) is 5.67. The minimum Gasteiger partial charge on any atom is -0.429 e. The van der Waals surface area contributed by atoms with Gasteiger partial charge in [-0.05, 0) is 24.3 Å². The zero-order chi connectivity index (χ0) is 10.8. The van der Waals surface area contributed by atoms with Crippen molar-refractivity contribution in [2.45, 2.75) is 0 Å². The van der Waals surface area contributed by atoms with Crippen LogP contribution >= 0.6 is 11.3 Å². The largest absolute Gasteiger partial charge is 0.429 e. The number of nitrogens with zero attached hydrogens (tertiary/aromatic N) is 2. The van der Waals surface area contributed by atoms with Gasteiger partial charge < -0.3 is 4.74 Å². The molecule has 2 heterocycles. The first-order chi connectivity index (χ1) is 7.92. The van der Waals surface area contributed by atoms with Crippen LogP contribution in [0, 0.1) is 0 Å².